The molecule has 0 saturated heterocycles. The molecule has 7 aromatic rings. The summed E-state index contributed by atoms with van der Waals surface area (Å²) in [6, 6.07) is 36.0. The molecule has 0 saturated carbocycles. The van der Waals surface area contributed by atoms with Crippen LogP contribution in [0.4, 0.5) is 0 Å². The van der Waals surface area contributed by atoms with Crippen molar-refractivity contribution in [2.24, 2.45) is 11.8 Å². The van der Waals surface area contributed by atoms with Gasteiger partial charge in [0.05, 0.1) is 5.76 Å². The van der Waals surface area contributed by atoms with Crippen molar-refractivity contribution in [3.63, 3.8) is 0 Å². The molecule has 0 aliphatic rings. The number of aryl methyl sites for hydroxylation is 1. The Balaban J connectivity index is 0.000000271. The molecule has 51 heavy (non-hydrogen) atoms. The zero-order valence-corrected chi connectivity index (χ0v) is 33.2. The summed E-state index contributed by atoms with van der Waals surface area (Å²) in [7, 11) is 4.54. The summed E-state index contributed by atoms with van der Waals surface area (Å²) in [6.07, 6.45) is 6.77. The van der Waals surface area contributed by atoms with Crippen molar-refractivity contribution in [3.8, 4) is 22.4 Å². The van der Waals surface area contributed by atoms with Crippen molar-refractivity contribution in [1.82, 2.24) is 4.98 Å². The molecule has 0 spiro atoms. The van der Waals surface area contributed by atoms with E-state index in [-0.39, 0.29) is 43.5 Å². The van der Waals surface area contributed by atoms with E-state index in [0.29, 0.717) is 0 Å². The van der Waals surface area contributed by atoms with Gasteiger partial charge < -0.3 is 9.67 Å². The molecule has 4 nitrogen and oxygen atoms in total. The molecular formula is C45H45IrN2O2S-. The number of hydrogen-bond acceptors (Lipinski definition) is 4. The van der Waals surface area contributed by atoms with Crippen molar-refractivity contribution in [3.05, 3.63) is 128 Å². The number of aliphatic hydroxyl groups excluding tert-OH is 1. The van der Waals surface area contributed by atoms with Crippen LogP contribution in [0.25, 0.3) is 64.4 Å². The van der Waals surface area contributed by atoms with Crippen LogP contribution in [-0.2, 0) is 24.9 Å². The number of allylic oxidation sites excluding steroid dienone is 2. The van der Waals surface area contributed by atoms with E-state index >= 15 is 0 Å². The van der Waals surface area contributed by atoms with Crippen LogP contribution < -0.4 is 4.57 Å². The SMILES string of the molecule is CCC(CC)C(=O)/C=C(\O)C(CC)CC.[CH2-][n+]1c(-c2[c-]c(C)cc3c2sc2ncccc23)cc(-c2ccccc2)c2c3ccccc3ccc21.[Ir]. The molecule has 3 heterocycles. The van der Waals surface area contributed by atoms with E-state index < -0.39 is 0 Å². The predicted octanol–water partition coefficient (Wildman–Crippen LogP) is 12.0. The summed E-state index contributed by atoms with van der Waals surface area (Å²) in [5.74, 6) is 0.547. The predicted molar refractivity (Wildman–Crippen MR) is 211 cm³/mol. The van der Waals surface area contributed by atoms with Gasteiger partial charge in [0.2, 0.25) is 0 Å². The minimum absolute atomic E-state index is 0. The molecule has 6 heteroatoms. The fourth-order valence-electron chi connectivity index (χ4n) is 6.98. The number of carbonyl (C=O) groups excluding carboxylic acids is 1. The van der Waals surface area contributed by atoms with Crippen LogP contribution in [0.15, 0.2) is 109 Å². The van der Waals surface area contributed by atoms with Gasteiger partial charge in [0.25, 0.3) is 0 Å². The molecule has 7 rings (SSSR count). The second kappa shape index (κ2) is 16.8. The Kier molecular flexibility index (Phi) is 12.5. The molecule has 0 fully saturated rings. The Morgan fingerprint density at radius 1 is 0.863 bits per heavy atom. The number of benzene rings is 4. The summed E-state index contributed by atoms with van der Waals surface area (Å²) in [5, 5.41) is 15.9. The van der Waals surface area contributed by atoms with E-state index in [2.05, 4.69) is 115 Å². The molecule has 0 bridgehead atoms. The Hall–Kier alpha value is -4.35. The molecule has 0 amide bonds. The van der Waals surface area contributed by atoms with E-state index in [1.807, 2.05) is 40.0 Å². The van der Waals surface area contributed by atoms with Gasteiger partial charge in [-0.15, -0.1) is 17.7 Å². The van der Waals surface area contributed by atoms with Crippen LogP contribution in [-0.4, -0.2) is 15.9 Å². The number of aromatic nitrogens is 2. The first-order valence-electron chi connectivity index (χ1n) is 17.7. The van der Waals surface area contributed by atoms with Gasteiger partial charge in [-0.05, 0) is 75.9 Å². The van der Waals surface area contributed by atoms with Gasteiger partial charge in [-0.1, -0.05) is 112 Å². The van der Waals surface area contributed by atoms with Crippen LogP contribution in [0, 0.1) is 31.9 Å². The molecule has 0 unspecified atom stereocenters. The largest absolute Gasteiger partial charge is 0.512 e. The topological polar surface area (TPSA) is 54.1 Å². The monoisotopic (exact) mass is 870 g/mol. The summed E-state index contributed by atoms with van der Waals surface area (Å²) in [4.78, 5) is 17.4. The van der Waals surface area contributed by atoms with Crippen LogP contribution in [0.2, 0.25) is 0 Å². The van der Waals surface area contributed by atoms with Crippen LogP contribution in [0.3, 0.4) is 0 Å². The average molecular weight is 870 g/mol. The zero-order chi connectivity index (χ0) is 35.4. The molecule has 1 radical (unpaired) electrons. The second-order valence-corrected chi connectivity index (χ2v) is 13.9. The van der Waals surface area contributed by atoms with E-state index in [1.54, 1.807) is 11.3 Å². The van der Waals surface area contributed by atoms with E-state index in [9.17, 15) is 9.90 Å². The second-order valence-electron chi connectivity index (χ2n) is 12.9. The average Bonchev–Trinajstić information content (AvgIpc) is 3.51. The van der Waals surface area contributed by atoms with Gasteiger partial charge in [0.15, 0.2) is 5.78 Å². The van der Waals surface area contributed by atoms with Gasteiger partial charge in [-0.2, -0.15) is 11.3 Å². The maximum absolute atomic E-state index is 11.7. The van der Waals surface area contributed by atoms with E-state index in [1.165, 1.54) is 48.8 Å². The zero-order valence-electron chi connectivity index (χ0n) is 30.0. The van der Waals surface area contributed by atoms with Gasteiger partial charge in [-0.25, -0.2) is 4.98 Å². The van der Waals surface area contributed by atoms with Crippen LogP contribution in [0.5, 0.6) is 0 Å². The number of ketones is 1. The fourth-order valence-corrected chi connectivity index (χ4v) is 8.11. The van der Waals surface area contributed by atoms with Gasteiger partial charge in [0.1, 0.15) is 16.0 Å². The maximum atomic E-state index is 11.7. The third-order valence-corrected chi connectivity index (χ3v) is 11.0. The van der Waals surface area contributed by atoms with Crippen molar-refractivity contribution >= 4 is 59.1 Å². The third-order valence-electron chi connectivity index (χ3n) is 9.88. The molecule has 0 aliphatic heterocycles. The number of rotatable bonds is 9. The number of fused-ring (bicyclic) bond motifs is 6. The first kappa shape index (κ1) is 37.9. The Morgan fingerprint density at radius 3 is 2.24 bits per heavy atom. The number of carbonyl (C=O) groups is 1. The molecule has 263 valence electrons. The Labute approximate surface area is 319 Å². The molecule has 0 aliphatic carbocycles. The first-order chi connectivity index (χ1) is 24.3. The number of nitrogens with zero attached hydrogens (tertiary/aromatic N) is 2. The first-order valence-corrected chi connectivity index (χ1v) is 18.5. The summed E-state index contributed by atoms with van der Waals surface area (Å²) >= 11 is 1.73. The smallest absolute Gasteiger partial charge is 0.162 e. The Bertz CT molecular complexity index is 2340. The van der Waals surface area contributed by atoms with Crippen LogP contribution >= 0.6 is 11.3 Å². The molecular weight excluding hydrogens is 825 g/mol. The van der Waals surface area contributed by atoms with Gasteiger partial charge in [-0.3, -0.25) is 4.79 Å². The minimum atomic E-state index is 0. The molecule has 4 aromatic carbocycles. The summed E-state index contributed by atoms with van der Waals surface area (Å²) in [6.45, 7) is 10.2. The van der Waals surface area contributed by atoms with Crippen molar-refractivity contribution in [2.45, 2.75) is 60.3 Å². The quantitative estimate of drug-likeness (QED) is 0.0517. The molecule has 1 N–H and O–H groups in total. The van der Waals surface area contributed by atoms with Crippen molar-refractivity contribution < 1.29 is 34.6 Å². The standard InChI is InChI=1S/C32H21N2S.C13H24O2.Ir/c1-20-17-26-24-13-8-16-33-32(24)35-31(26)27(18-20)29-19-25(21-9-4-3-5-10-21)30-23-12-7-6-11-22(23)14-15-28(30)34(29)2;1-5-10(6-2)12(14)9-13(15)11(7-3)8-4;/h3-17,19H,2H2,1H3;9-11,14H,5-8H2,1-4H3;/q-1;;/b;12-9-;. The number of hydrogen-bond donors (Lipinski definition) is 1. The van der Waals surface area contributed by atoms with Gasteiger partial charge >= 0.3 is 0 Å². The fraction of sp³-hybridized carbons (Fsp3) is 0.244. The normalized spacial score (nSPS) is 11.7. The number of pyridine rings is 2. The van der Waals surface area contributed by atoms with E-state index in [0.717, 1.165) is 52.9 Å². The van der Waals surface area contributed by atoms with Gasteiger partial charge in [0, 0.05) is 56.6 Å². The third kappa shape index (κ3) is 7.65. The van der Waals surface area contributed by atoms with E-state index in [4.69, 9.17) is 0 Å². The number of aliphatic hydroxyl groups is 1. The number of thiophene rings is 1. The Morgan fingerprint density at radius 2 is 1.53 bits per heavy atom. The summed E-state index contributed by atoms with van der Waals surface area (Å²) in [5.41, 5.74) is 6.72. The molecule has 0 atom stereocenters. The molecule has 3 aromatic heterocycles. The minimum Gasteiger partial charge on any atom is -0.512 e. The van der Waals surface area contributed by atoms with Crippen molar-refractivity contribution in [1.29, 1.82) is 0 Å². The summed E-state index contributed by atoms with van der Waals surface area (Å²) < 4.78 is 3.28. The van der Waals surface area contributed by atoms with Crippen LogP contribution in [0.1, 0.15) is 58.9 Å². The van der Waals surface area contributed by atoms with Crippen molar-refractivity contribution in [2.75, 3.05) is 0 Å². The maximum Gasteiger partial charge on any atom is 0.162 e.